The Morgan fingerprint density at radius 3 is 2.64 bits per heavy atom. The van der Waals surface area contributed by atoms with Gasteiger partial charge in [0.1, 0.15) is 10.0 Å². The monoisotopic (exact) mass is 395 g/mol. The van der Waals surface area contributed by atoms with Gasteiger partial charge in [-0.25, -0.2) is 0 Å². The third-order valence-corrected chi connectivity index (χ3v) is 6.32. The molecule has 28 heavy (non-hydrogen) atoms. The normalized spacial score (nSPS) is 15.5. The number of aromatic nitrogens is 3. The summed E-state index contributed by atoms with van der Waals surface area (Å²) in [6.45, 7) is 3.61. The predicted octanol–water partition coefficient (Wildman–Crippen LogP) is 3.16. The van der Waals surface area contributed by atoms with Gasteiger partial charge in [0.15, 0.2) is 0 Å². The molecule has 0 atom stereocenters. The third kappa shape index (κ3) is 4.05. The number of aryl methyl sites for hydroxylation is 1. The van der Waals surface area contributed by atoms with E-state index in [1.165, 1.54) is 0 Å². The molecule has 1 aromatic carbocycles. The summed E-state index contributed by atoms with van der Waals surface area (Å²) in [6.07, 6.45) is 4.28. The number of benzene rings is 1. The molecule has 1 aliphatic rings. The maximum absolute atomic E-state index is 12.7. The summed E-state index contributed by atoms with van der Waals surface area (Å²) in [5, 5.41) is 12.3. The Kier molecular flexibility index (Phi) is 5.37. The highest BCUT2D eigenvalue weighted by atomic mass is 32.1. The van der Waals surface area contributed by atoms with Crippen LogP contribution in [0.5, 0.6) is 0 Å². The Morgan fingerprint density at radius 2 is 1.96 bits per heavy atom. The second kappa shape index (κ2) is 7.93. The van der Waals surface area contributed by atoms with Crippen LogP contribution in [0.3, 0.4) is 0 Å². The van der Waals surface area contributed by atoms with E-state index in [1.54, 1.807) is 11.3 Å². The van der Waals surface area contributed by atoms with Crippen LogP contribution in [0.15, 0.2) is 30.5 Å². The van der Waals surface area contributed by atoms with Gasteiger partial charge in [0.25, 0.3) is 0 Å². The van der Waals surface area contributed by atoms with Crippen molar-refractivity contribution in [2.24, 2.45) is 0 Å². The molecule has 0 aliphatic carbocycles. The lowest BCUT2D eigenvalue weighted by molar-refractivity contribution is -0.132. The quantitative estimate of drug-likeness (QED) is 0.679. The molecule has 0 bridgehead atoms. The highest BCUT2D eigenvalue weighted by molar-refractivity contribution is 7.14. The number of hydrogen-bond donors (Lipinski definition) is 0. The molecule has 0 unspecified atom stereocenters. The minimum Gasteiger partial charge on any atom is -0.342 e. The summed E-state index contributed by atoms with van der Waals surface area (Å²) >= 11 is 1.58. The number of hydrogen-bond acceptors (Lipinski definition) is 6. The minimum absolute atomic E-state index is 0.167. The number of fused-ring (bicyclic) bond motifs is 1. The van der Waals surface area contributed by atoms with E-state index in [0.29, 0.717) is 12.5 Å². The topological polar surface area (TPSA) is 62.2 Å². The van der Waals surface area contributed by atoms with Gasteiger partial charge in [0.05, 0.1) is 12.1 Å². The number of piperidine rings is 1. The first kappa shape index (κ1) is 19.0. The first-order chi connectivity index (χ1) is 13.5. The van der Waals surface area contributed by atoms with Crippen molar-refractivity contribution in [3.8, 4) is 10.6 Å². The first-order valence-corrected chi connectivity index (χ1v) is 10.4. The van der Waals surface area contributed by atoms with Crippen molar-refractivity contribution in [2.75, 3.05) is 27.2 Å². The molecule has 146 valence electrons. The highest BCUT2D eigenvalue weighted by Crippen LogP contribution is 2.27. The Bertz CT molecular complexity index is 991. The van der Waals surface area contributed by atoms with E-state index in [1.807, 2.05) is 36.2 Å². The maximum Gasteiger partial charge on any atom is 0.228 e. The molecule has 0 saturated carbocycles. The lowest BCUT2D eigenvalue weighted by Gasteiger charge is -2.35. The predicted molar refractivity (Wildman–Crippen MR) is 112 cm³/mol. The second-order valence-electron chi connectivity index (χ2n) is 7.62. The summed E-state index contributed by atoms with van der Waals surface area (Å²) in [5.74, 6) is 0.167. The van der Waals surface area contributed by atoms with Crippen LogP contribution in [-0.2, 0) is 11.2 Å². The van der Waals surface area contributed by atoms with Crippen LogP contribution in [-0.4, -0.2) is 64.1 Å². The van der Waals surface area contributed by atoms with Crippen LogP contribution < -0.4 is 0 Å². The van der Waals surface area contributed by atoms with Crippen LogP contribution in [0.4, 0.5) is 0 Å². The van der Waals surface area contributed by atoms with Crippen LogP contribution in [0, 0.1) is 6.92 Å². The molecule has 0 radical (unpaired) electrons. The Hall–Kier alpha value is -2.38. The van der Waals surface area contributed by atoms with E-state index in [0.717, 1.165) is 58.0 Å². The molecule has 3 heterocycles. The van der Waals surface area contributed by atoms with Gasteiger partial charge in [-0.1, -0.05) is 23.5 Å². The van der Waals surface area contributed by atoms with Crippen LogP contribution in [0.1, 0.15) is 23.5 Å². The standard InChI is InChI=1S/C21H25N5OS/c1-14-23-24-21(28-14)15-4-5-16-13-22-18(11-17(16)10-15)12-20(27)26-8-6-19(7-9-26)25(2)3/h4-5,10-11,13,19H,6-9,12H2,1-3H3. The van der Waals surface area contributed by atoms with Gasteiger partial charge >= 0.3 is 0 Å². The van der Waals surface area contributed by atoms with Crippen LogP contribution in [0.2, 0.25) is 0 Å². The average molecular weight is 396 g/mol. The van der Waals surface area contributed by atoms with Crippen molar-refractivity contribution in [1.82, 2.24) is 25.0 Å². The Balaban J connectivity index is 1.49. The average Bonchev–Trinajstić information content (AvgIpc) is 3.14. The maximum atomic E-state index is 12.7. The molecule has 2 aromatic heterocycles. The van der Waals surface area contributed by atoms with Crippen molar-refractivity contribution < 1.29 is 4.79 Å². The molecular formula is C21H25N5OS. The lowest BCUT2D eigenvalue weighted by Crippen LogP contribution is -2.45. The van der Waals surface area contributed by atoms with Crippen molar-refractivity contribution in [3.63, 3.8) is 0 Å². The molecule has 4 rings (SSSR count). The molecule has 0 N–H and O–H groups in total. The zero-order valence-corrected chi connectivity index (χ0v) is 17.4. The molecule has 3 aromatic rings. The highest BCUT2D eigenvalue weighted by Gasteiger charge is 2.24. The van der Waals surface area contributed by atoms with Gasteiger partial charge in [-0.15, -0.1) is 10.2 Å². The number of carbonyl (C=O) groups is 1. The van der Waals surface area contributed by atoms with Gasteiger partial charge < -0.3 is 9.80 Å². The molecule has 0 spiro atoms. The number of pyridine rings is 1. The van der Waals surface area contributed by atoms with E-state index < -0.39 is 0 Å². The van der Waals surface area contributed by atoms with E-state index in [4.69, 9.17) is 0 Å². The molecule has 1 fully saturated rings. The summed E-state index contributed by atoms with van der Waals surface area (Å²) in [5.41, 5.74) is 1.87. The summed E-state index contributed by atoms with van der Waals surface area (Å²) in [7, 11) is 4.22. The SMILES string of the molecule is Cc1nnc(-c2ccc3cnc(CC(=O)N4CCC(N(C)C)CC4)cc3c2)s1. The first-order valence-electron chi connectivity index (χ1n) is 9.63. The molecule has 1 saturated heterocycles. The summed E-state index contributed by atoms with van der Waals surface area (Å²) < 4.78 is 0. The molecule has 1 aliphatic heterocycles. The van der Waals surface area contributed by atoms with Crippen molar-refractivity contribution in [1.29, 1.82) is 0 Å². The van der Waals surface area contributed by atoms with Gasteiger partial charge in [-0.3, -0.25) is 9.78 Å². The second-order valence-corrected chi connectivity index (χ2v) is 8.80. The largest absolute Gasteiger partial charge is 0.342 e. The van der Waals surface area contributed by atoms with E-state index in [-0.39, 0.29) is 5.91 Å². The smallest absolute Gasteiger partial charge is 0.228 e. The van der Waals surface area contributed by atoms with Crippen molar-refractivity contribution in [2.45, 2.75) is 32.2 Å². The van der Waals surface area contributed by atoms with E-state index in [2.05, 4.69) is 40.2 Å². The minimum atomic E-state index is 0.167. The molecule has 1 amide bonds. The molecular weight excluding hydrogens is 370 g/mol. The van der Waals surface area contributed by atoms with Crippen molar-refractivity contribution >= 4 is 28.0 Å². The van der Waals surface area contributed by atoms with Crippen LogP contribution in [0.25, 0.3) is 21.3 Å². The Labute approximate surface area is 169 Å². The Morgan fingerprint density at radius 1 is 1.18 bits per heavy atom. The number of nitrogens with zero attached hydrogens (tertiary/aromatic N) is 5. The fourth-order valence-corrected chi connectivity index (χ4v) is 4.42. The molecule has 6 nitrogen and oxygen atoms in total. The fraction of sp³-hybridized carbons (Fsp3) is 0.429. The number of likely N-dealkylation sites (tertiary alicyclic amines) is 1. The number of rotatable bonds is 4. The fourth-order valence-electron chi connectivity index (χ4n) is 3.73. The van der Waals surface area contributed by atoms with E-state index in [9.17, 15) is 4.79 Å². The summed E-state index contributed by atoms with van der Waals surface area (Å²) in [6, 6.07) is 8.80. The zero-order valence-electron chi connectivity index (χ0n) is 16.6. The van der Waals surface area contributed by atoms with Gasteiger partial charge in [0, 0.05) is 36.3 Å². The van der Waals surface area contributed by atoms with E-state index >= 15 is 0 Å². The van der Waals surface area contributed by atoms with Crippen LogP contribution >= 0.6 is 11.3 Å². The third-order valence-electron chi connectivity index (χ3n) is 5.43. The van der Waals surface area contributed by atoms with Gasteiger partial charge in [-0.05, 0) is 51.4 Å². The van der Waals surface area contributed by atoms with Gasteiger partial charge in [0.2, 0.25) is 5.91 Å². The number of amides is 1. The lowest BCUT2D eigenvalue weighted by atomic mass is 10.0. The zero-order chi connectivity index (χ0) is 19.7. The van der Waals surface area contributed by atoms with Gasteiger partial charge in [-0.2, -0.15) is 0 Å². The summed E-state index contributed by atoms with van der Waals surface area (Å²) in [4.78, 5) is 21.5. The number of carbonyl (C=O) groups excluding carboxylic acids is 1. The van der Waals surface area contributed by atoms with Crippen molar-refractivity contribution in [3.05, 3.63) is 41.2 Å². The molecule has 7 heteroatoms.